The van der Waals surface area contributed by atoms with Crippen molar-refractivity contribution in [1.82, 2.24) is 0 Å². The molecule has 1 aromatic rings. The van der Waals surface area contributed by atoms with Crippen molar-refractivity contribution in [2.75, 3.05) is 11.9 Å². The monoisotopic (exact) mass is 354 g/mol. The van der Waals surface area contributed by atoms with Crippen LogP contribution in [-0.4, -0.2) is 17.5 Å². The van der Waals surface area contributed by atoms with Crippen LogP contribution < -0.4 is 9.47 Å². The summed E-state index contributed by atoms with van der Waals surface area (Å²) in [4.78, 5) is 0. The molecule has 0 bridgehead atoms. The third-order valence-electron chi connectivity index (χ3n) is 3.61. The van der Waals surface area contributed by atoms with Crippen LogP contribution in [0.15, 0.2) is 24.7 Å². The molecule has 0 atom stereocenters. The van der Waals surface area contributed by atoms with E-state index in [2.05, 4.69) is 35.8 Å². The predicted octanol–water partition coefficient (Wildman–Crippen LogP) is 3.86. The molecule has 2 aliphatic rings. The van der Waals surface area contributed by atoms with E-state index in [9.17, 15) is 0 Å². The average molecular weight is 355 g/mol. The molecule has 0 N–H and O–H groups in total. The molecule has 114 valence electrons. The highest BCUT2D eigenvalue weighted by molar-refractivity contribution is 9.09. The van der Waals surface area contributed by atoms with Gasteiger partial charge < -0.3 is 18.9 Å². The van der Waals surface area contributed by atoms with E-state index in [1.165, 1.54) is 0 Å². The average Bonchev–Trinajstić information content (AvgIpc) is 3.02. The predicted molar refractivity (Wildman–Crippen MR) is 82.8 cm³/mol. The highest BCUT2D eigenvalue weighted by Gasteiger charge is 2.41. The molecule has 4 nitrogen and oxygen atoms in total. The lowest BCUT2D eigenvalue weighted by atomic mass is 9.97. The van der Waals surface area contributed by atoms with E-state index in [0.29, 0.717) is 11.9 Å². The second-order valence-electron chi connectivity index (χ2n) is 5.83. The van der Waals surface area contributed by atoms with Gasteiger partial charge in [0, 0.05) is 17.5 Å². The van der Waals surface area contributed by atoms with Gasteiger partial charge in [0.05, 0.1) is 11.9 Å². The maximum absolute atomic E-state index is 6.03. The summed E-state index contributed by atoms with van der Waals surface area (Å²) in [6.45, 7) is 6.70. The highest BCUT2D eigenvalue weighted by atomic mass is 79.9. The van der Waals surface area contributed by atoms with Crippen molar-refractivity contribution in [3.63, 3.8) is 0 Å². The van der Waals surface area contributed by atoms with E-state index < -0.39 is 5.79 Å². The summed E-state index contributed by atoms with van der Waals surface area (Å²) in [5.41, 5.74) is 1.83. The molecule has 0 aliphatic carbocycles. The van der Waals surface area contributed by atoms with Crippen LogP contribution >= 0.6 is 15.9 Å². The molecule has 2 aliphatic heterocycles. The maximum atomic E-state index is 6.03. The zero-order valence-electron chi connectivity index (χ0n) is 12.4. The largest absolute Gasteiger partial charge is 0.490 e. The Labute approximate surface area is 133 Å². The Balaban J connectivity index is 2.06. The third-order valence-corrected chi connectivity index (χ3v) is 4.35. The van der Waals surface area contributed by atoms with Gasteiger partial charge in [-0.25, -0.2) is 0 Å². The topological polar surface area (TPSA) is 36.9 Å². The lowest BCUT2D eigenvalue weighted by Gasteiger charge is -2.27. The van der Waals surface area contributed by atoms with Gasteiger partial charge in [0.1, 0.15) is 18.1 Å². The lowest BCUT2D eigenvalue weighted by molar-refractivity contribution is -0.127. The van der Waals surface area contributed by atoms with Crippen LogP contribution in [-0.2, 0) is 21.7 Å². The number of rotatable bonds is 4. The molecule has 1 aromatic carbocycles. The minimum absolute atomic E-state index is 0.218. The third kappa shape index (κ3) is 2.48. The fourth-order valence-corrected chi connectivity index (χ4v) is 3.33. The van der Waals surface area contributed by atoms with Crippen molar-refractivity contribution < 1.29 is 18.9 Å². The van der Waals surface area contributed by atoms with Gasteiger partial charge in [-0.2, -0.15) is 0 Å². The van der Waals surface area contributed by atoms with Gasteiger partial charge in [0.15, 0.2) is 11.5 Å². The Morgan fingerprint density at radius 1 is 1.24 bits per heavy atom. The molecule has 21 heavy (non-hydrogen) atoms. The van der Waals surface area contributed by atoms with Crippen molar-refractivity contribution in [1.29, 1.82) is 0 Å². The molecule has 0 unspecified atom stereocenters. The Morgan fingerprint density at radius 2 is 1.95 bits per heavy atom. The molecule has 0 radical (unpaired) electrons. The maximum Gasteiger partial charge on any atom is 0.286 e. The molecule has 5 heteroatoms. The number of hydrogen-bond donors (Lipinski definition) is 0. The number of hydrogen-bond acceptors (Lipinski definition) is 4. The first-order valence-electron chi connectivity index (χ1n) is 7.05. The number of ether oxygens (including phenoxy) is 4. The first-order valence-corrected chi connectivity index (χ1v) is 8.18. The Kier molecular flexibility index (Phi) is 3.56. The van der Waals surface area contributed by atoms with E-state index in [-0.39, 0.29) is 5.60 Å². The molecule has 0 saturated carbocycles. The smallest absolute Gasteiger partial charge is 0.286 e. The van der Waals surface area contributed by atoms with E-state index in [4.69, 9.17) is 18.9 Å². The normalized spacial score (nSPS) is 20.4. The second-order valence-corrected chi connectivity index (χ2v) is 6.39. The van der Waals surface area contributed by atoms with Gasteiger partial charge in [0.25, 0.3) is 5.79 Å². The summed E-state index contributed by atoms with van der Waals surface area (Å²) in [7, 11) is 0. The molecule has 0 aromatic heterocycles. The minimum Gasteiger partial charge on any atom is -0.490 e. The van der Waals surface area contributed by atoms with Crippen molar-refractivity contribution in [3.05, 3.63) is 35.8 Å². The van der Waals surface area contributed by atoms with Crippen LogP contribution in [0.25, 0.3) is 0 Å². The molecular weight excluding hydrogens is 336 g/mol. The minimum atomic E-state index is -0.826. The summed E-state index contributed by atoms with van der Waals surface area (Å²) >= 11 is 3.47. The number of halogens is 1. The lowest BCUT2D eigenvalue weighted by Crippen LogP contribution is -2.29. The molecule has 0 saturated heterocycles. The van der Waals surface area contributed by atoms with Crippen LogP contribution in [0.3, 0.4) is 0 Å². The van der Waals surface area contributed by atoms with Crippen molar-refractivity contribution >= 4 is 15.9 Å². The van der Waals surface area contributed by atoms with Crippen LogP contribution in [0.2, 0.25) is 0 Å². The fraction of sp³-hybridized carbons (Fsp3) is 0.500. The Morgan fingerprint density at radius 3 is 2.57 bits per heavy atom. The first-order chi connectivity index (χ1) is 10.00. The molecular formula is C16H19BrO4. The number of fused-ring (bicyclic) bond motifs is 1. The van der Waals surface area contributed by atoms with E-state index in [1.54, 1.807) is 12.5 Å². The van der Waals surface area contributed by atoms with Crippen LogP contribution in [0.5, 0.6) is 11.5 Å². The van der Waals surface area contributed by atoms with Gasteiger partial charge in [0.2, 0.25) is 0 Å². The SMILES string of the molecule is CCOc1cc(C2(CBr)OC=CO2)cc2c1OC(C)(C)C2. The number of alkyl halides is 1. The summed E-state index contributed by atoms with van der Waals surface area (Å²) in [5, 5.41) is 0.529. The molecule has 0 amide bonds. The van der Waals surface area contributed by atoms with Gasteiger partial charge in [-0.1, -0.05) is 15.9 Å². The van der Waals surface area contributed by atoms with Gasteiger partial charge in [-0.05, 0) is 32.9 Å². The molecule has 0 fully saturated rings. The summed E-state index contributed by atoms with van der Waals surface area (Å²) in [5.74, 6) is 0.754. The van der Waals surface area contributed by atoms with E-state index in [1.807, 2.05) is 13.0 Å². The van der Waals surface area contributed by atoms with Gasteiger partial charge in [-0.3, -0.25) is 0 Å². The standard InChI is InChI=1S/C16H19BrO4/c1-4-18-13-8-12(16(10-17)19-5-6-20-16)7-11-9-15(2,3)21-14(11)13/h5-8H,4,9-10H2,1-3H3. The second kappa shape index (κ2) is 5.13. The number of benzene rings is 1. The Hall–Kier alpha value is -1.36. The van der Waals surface area contributed by atoms with Crippen LogP contribution in [0, 0.1) is 0 Å². The van der Waals surface area contributed by atoms with E-state index in [0.717, 1.165) is 29.0 Å². The highest BCUT2D eigenvalue weighted by Crippen LogP contribution is 2.46. The fourth-order valence-electron chi connectivity index (χ4n) is 2.74. The van der Waals surface area contributed by atoms with Crippen molar-refractivity contribution in [2.45, 2.75) is 38.6 Å². The zero-order chi connectivity index (χ0) is 15.1. The van der Waals surface area contributed by atoms with E-state index >= 15 is 0 Å². The Bertz CT molecular complexity index is 572. The van der Waals surface area contributed by atoms with Crippen LogP contribution in [0.4, 0.5) is 0 Å². The van der Waals surface area contributed by atoms with Gasteiger partial charge >= 0.3 is 0 Å². The molecule has 2 heterocycles. The molecule has 3 rings (SSSR count). The van der Waals surface area contributed by atoms with Gasteiger partial charge in [-0.15, -0.1) is 0 Å². The summed E-state index contributed by atoms with van der Waals surface area (Å²) < 4.78 is 23.1. The summed E-state index contributed by atoms with van der Waals surface area (Å²) in [6, 6.07) is 4.03. The summed E-state index contributed by atoms with van der Waals surface area (Å²) in [6.07, 6.45) is 3.96. The zero-order valence-corrected chi connectivity index (χ0v) is 14.0. The quantitative estimate of drug-likeness (QED) is 0.769. The van der Waals surface area contributed by atoms with Crippen LogP contribution in [0.1, 0.15) is 31.9 Å². The van der Waals surface area contributed by atoms with Crippen molar-refractivity contribution in [3.8, 4) is 11.5 Å². The molecule has 0 spiro atoms. The van der Waals surface area contributed by atoms with Crippen molar-refractivity contribution in [2.24, 2.45) is 0 Å². The first kappa shape index (κ1) is 14.6.